The van der Waals surface area contributed by atoms with E-state index in [4.69, 9.17) is 8.97 Å². The van der Waals surface area contributed by atoms with E-state index in [1.54, 1.807) is 6.07 Å². The molecule has 108 valence electrons. The first-order chi connectivity index (χ1) is 9.31. The molecule has 1 heterocycles. The SMILES string of the molecule is CCc1c(C)c2ccc(ONS(=O)(=O)O)cc2oc1=O. The van der Waals surface area contributed by atoms with Crippen LogP contribution in [0.15, 0.2) is 27.4 Å². The maximum Gasteiger partial charge on any atom is 0.364 e. The highest BCUT2D eigenvalue weighted by atomic mass is 32.2. The fourth-order valence-corrected chi connectivity index (χ4v) is 2.15. The molecule has 0 bridgehead atoms. The van der Waals surface area contributed by atoms with Crippen LogP contribution in [0, 0.1) is 6.92 Å². The Morgan fingerprint density at radius 1 is 1.40 bits per heavy atom. The molecule has 8 heteroatoms. The Labute approximate surface area is 115 Å². The molecule has 0 fully saturated rings. The molecule has 0 unspecified atom stereocenters. The standard InChI is InChI=1S/C12H13NO6S/c1-3-9-7(2)10-5-4-8(19-13-20(15,16)17)6-11(10)18-12(9)14/h4-6,13H,3H2,1-2H3,(H,15,16,17). The fourth-order valence-electron chi connectivity index (χ4n) is 1.95. The summed E-state index contributed by atoms with van der Waals surface area (Å²) < 4.78 is 34.7. The van der Waals surface area contributed by atoms with Gasteiger partial charge in [0.05, 0.1) is 0 Å². The average Bonchev–Trinajstić information content (AvgIpc) is 2.35. The van der Waals surface area contributed by atoms with Gasteiger partial charge in [-0.3, -0.25) is 4.55 Å². The van der Waals surface area contributed by atoms with Gasteiger partial charge in [0.15, 0.2) is 5.75 Å². The predicted octanol–water partition coefficient (Wildman–Crippen LogP) is 1.35. The van der Waals surface area contributed by atoms with E-state index in [9.17, 15) is 13.2 Å². The van der Waals surface area contributed by atoms with Crippen molar-refractivity contribution in [1.29, 1.82) is 0 Å². The topological polar surface area (TPSA) is 106 Å². The number of nitrogens with one attached hydrogen (secondary N) is 1. The molecular formula is C12H13NO6S. The summed E-state index contributed by atoms with van der Waals surface area (Å²) in [5.41, 5.74) is 1.26. The molecule has 1 aromatic carbocycles. The summed E-state index contributed by atoms with van der Waals surface area (Å²) in [4.78, 5) is 17.9. The van der Waals surface area contributed by atoms with E-state index in [0.29, 0.717) is 12.0 Å². The Balaban J connectivity index is 2.48. The van der Waals surface area contributed by atoms with E-state index in [0.717, 1.165) is 10.9 Å². The van der Waals surface area contributed by atoms with E-state index in [-0.39, 0.29) is 11.3 Å². The minimum atomic E-state index is -4.47. The van der Waals surface area contributed by atoms with Crippen molar-refractivity contribution in [2.24, 2.45) is 0 Å². The Bertz CT molecular complexity index is 809. The van der Waals surface area contributed by atoms with E-state index in [2.05, 4.69) is 4.84 Å². The van der Waals surface area contributed by atoms with Gasteiger partial charge < -0.3 is 9.25 Å². The molecule has 0 amide bonds. The maximum absolute atomic E-state index is 11.8. The summed E-state index contributed by atoms with van der Waals surface area (Å²) in [6, 6.07) is 4.50. The normalized spacial score (nSPS) is 11.8. The lowest BCUT2D eigenvalue weighted by Crippen LogP contribution is -2.26. The zero-order valence-corrected chi connectivity index (χ0v) is 11.7. The van der Waals surface area contributed by atoms with Crippen molar-refractivity contribution in [3.05, 3.63) is 39.7 Å². The molecule has 0 aliphatic rings. The summed E-state index contributed by atoms with van der Waals surface area (Å²) in [5.74, 6) is 0.0851. The van der Waals surface area contributed by atoms with Crippen LogP contribution in [0.25, 0.3) is 11.0 Å². The van der Waals surface area contributed by atoms with E-state index in [1.807, 2.05) is 13.8 Å². The Morgan fingerprint density at radius 3 is 2.70 bits per heavy atom. The van der Waals surface area contributed by atoms with Crippen LogP contribution in [0.5, 0.6) is 5.75 Å². The van der Waals surface area contributed by atoms with Crippen LogP contribution in [-0.4, -0.2) is 13.0 Å². The molecule has 0 atom stereocenters. The van der Waals surface area contributed by atoms with Crippen molar-refractivity contribution in [2.45, 2.75) is 20.3 Å². The molecular weight excluding hydrogens is 286 g/mol. The first kappa shape index (κ1) is 14.5. The molecule has 0 spiro atoms. The van der Waals surface area contributed by atoms with Gasteiger partial charge in [0.25, 0.3) is 0 Å². The molecule has 2 rings (SSSR count). The van der Waals surface area contributed by atoms with Gasteiger partial charge >= 0.3 is 15.9 Å². The fraction of sp³-hybridized carbons (Fsp3) is 0.250. The molecule has 0 aliphatic carbocycles. The van der Waals surface area contributed by atoms with Crippen molar-refractivity contribution in [3.8, 4) is 5.75 Å². The summed E-state index contributed by atoms with van der Waals surface area (Å²) in [5, 5.41) is 0.737. The van der Waals surface area contributed by atoms with Crippen LogP contribution >= 0.6 is 0 Å². The largest absolute Gasteiger partial charge is 0.422 e. The minimum absolute atomic E-state index is 0.0851. The smallest absolute Gasteiger partial charge is 0.364 e. The molecule has 0 radical (unpaired) electrons. The summed E-state index contributed by atoms with van der Waals surface area (Å²) in [6.07, 6.45) is 0.562. The first-order valence-corrected chi connectivity index (χ1v) is 7.23. The number of hydrogen-bond acceptors (Lipinski definition) is 5. The van der Waals surface area contributed by atoms with Crippen LogP contribution in [0.1, 0.15) is 18.1 Å². The third kappa shape index (κ3) is 2.98. The number of hydrogen-bond donors (Lipinski definition) is 2. The van der Waals surface area contributed by atoms with Gasteiger partial charge in [-0.2, -0.15) is 8.42 Å². The Morgan fingerprint density at radius 2 is 2.10 bits per heavy atom. The monoisotopic (exact) mass is 299 g/mol. The molecule has 7 nitrogen and oxygen atoms in total. The summed E-state index contributed by atoms with van der Waals surface area (Å²) >= 11 is 0. The van der Waals surface area contributed by atoms with Crippen LogP contribution in [0.2, 0.25) is 0 Å². The molecule has 2 aromatic rings. The number of fused-ring (bicyclic) bond motifs is 1. The molecule has 2 N–H and O–H groups in total. The van der Waals surface area contributed by atoms with E-state index >= 15 is 0 Å². The van der Waals surface area contributed by atoms with Crippen molar-refractivity contribution in [1.82, 2.24) is 4.89 Å². The zero-order valence-electron chi connectivity index (χ0n) is 10.8. The number of aryl methyl sites for hydroxylation is 1. The van der Waals surface area contributed by atoms with Gasteiger partial charge in [-0.15, -0.1) is 0 Å². The molecule has 0 saturated carbocycles. The Kier molecular flexibility index (Phi) is 3.80. The first-order valence-electron chi connectivity index (χ1n) is 5.79. The maximum atomic E-state index is 11.8. The zero-order chi connectivity index (χ0) is 14.9. The van der Waals surface area contributed by atoms with Gasteiger partial charge in [0.1, 0.15) is 5.58 Å². The van der Waals surface area contributed by atoms with Crippen LogP contribution in [0.4, 0.5) is 0 Å². The second kappa shape index (κ2) is 5.23. The predicted molar refractivity (Wildman–Crippen MR) is 71.9 cm³/mol. The van der Waals surface area contributed by atoms with Crippen LogP contribution in [-0.2, 0) is 16.7 Å². The van der Waals surface area contributed by atoms with Crippen molar-refractivity contribution < 1.29 is 22.2 Å². The van der Waals surface area contributed by atoms with Gasteiger partial charge in [-0.25, -0.2) is 4.79 Å². The van der Waals surface area contributed by atoms with Crippen molar-refractivity contribution >= 4 is 21.3 Å². The Hall–Kier alpha value is -1.90. The lowest BCUT2D eigenvalue weighted by atomic mass is 10.0. The quantitative estimate of drug-likeness (QED) is 0.501. The van der Waals surface area contributed by atoms with Crippen molar-refractivity contribution in [3.63, 3.8) is 0 Å². The summed E-state index contributed by atoms with van der Waals surface area (Å²) in [7, 11) is -4.47. The molecule has 1 aromatic heterocycles. The van der Waals surface area contributed by atoms with Gasteiger partial charge in [0.2, 0.25) is 0 Å². The van der Waals surface area contributed by atoms with E-state index in [1.165, 1.54) is 17.0 Å². The second-order valence-corrected chi connectivity index (χ2v) is 5.28. The molecule has 20 heavy (non-hydrogen) atoms. The lowest BCUT2D eigenvalue weighted by Gasteiger charge is -2.08. The van der Waals surface area contributed by atoms with Crippen LogP contribution < -0.4 is 15.3 Å². The number of benzene rings is 1. The summed E-state index contributed by atoms with van der Waals surface area (Å²) in [6.45, 7) is 3.67. The minimum Gasteiger partial charge on any atom is -0.422 e. The lowest BCUT2D eigenvalue weighted by molar-refractivity contribution is 0.251. The van der Waals surface area contributed by atoms with Gasteiger partial charge in [-0.05, 0) is 35.9 Å². The molecule has 0 aliphatic heterocycles. The third-order valence-corrected chi connectivity index (χ3v) is 3.17. The van der Waals surface area contributed by atoms with Crippen LogP contribution in [0.3, 0.4) is 0 Å². The average molecular weight is 299 g/mol. The van der Waals surface area contributed by atoms with Gasteiger partial charge in [-0.1, -0.05) is 6.92 Å². The van der Waals surface area contributed by atoms with E-state index < -0.39 is 15.9 Å². The second-order valence-electron chi connectivity index (χ2n) is 4.17. The third-order valence-electron chi connectivity index (χ3n) is 2.88. The van der Waals surface area contributed by atoms with Gasteiger partial charge in [0, 0.05) is 17.0 Å². The highest BCUT2D eigenvalue weighted by molar-refractivity contribution is 7.83. The number of rotatable bonds is 4. The highest BCUT2D eigenvalue weighted by Gasteiger charge is 2.11. The molecule has 0 saturated heterocycles. The van der Waals surface area contributed by atoms with Crippen molar-refractivity contribution in [2.75, 3.05) is 0 Å². The highest BCUT2D eigenvalue weighted by Crippen LogP contribution is 2.24.